The Balaban J connectivity index is 3.49. The van der Waals surface area contributed by atoms with Gasteiger partial charge in [-0.1, -0.05) is 146 Å². The quantitative estimate of drug-likeness (QED) is 0.0430. The van der Waals surface area contributed by atoms with E-state index < -0.39 is 6.10 Å². The fourth-order valence-corrected chi connectivity index (χ4v) is 5.21. The summed E-state index contributed by atoms with van der Waals surface area (Å²) in [5.41, 5.74) is 0. The van der Waals surface area contributed by atoms with E-state index >= 15 is 0 Å². The Morgan fingerprint density at radius 1 is 0.533 bits per heavy atom. The third-order valence-electron chi connectivity index (χ3n) is 8.13. The zero-order valence-electron chi connectivity index (χ0n) is 29.9. The zero-order chi connectivity index (χ0) is 32.7. The third kappa shape index (κ3) is 36.7. The Kier molecular flexibility index (Phi) is 37.1. The SMILES string of the molecule is CCCCC/C=C\C/C=C\CCCCCCCCCC(=O)OC(CO)COCCCCCCCC/C=C\C/C=C\CCCCC. The maximum Gasteiger partial charge on any atom is 0.306 e. The summed E-state index contributed by atoms with van der Waals surface area (Å²) in [5.74, 6) is -0.214. The molecular weight excluding hydrogens is 556 g/mol. The predicted molar refractivity (Wildman–Crippen MR) is 196 cm³/mol. The van der Waals surface area contributed by atoms with E-state index in [4.69, 9.17) is 9.47 Å². The van der Waals surface area contributed by atoms with Gasteiger partial charge in [-0.2, -0.15) is 0 Å². The largest absolute Gasteiger partial charge is 0.457 e. The topological polar surface area (TPSA) is 55.8 Å². The average Bonchev–Trinajstić information content (AvgIpc) is 3.05. The Labute approximate surface area is 280 Å². The first-order chi connectivity index (χ1) is 22.2. The molecule has 1 unspecified atom stereocenters. The third-order valence-corrected chi connectivity index (χ3v) is 8.13. The van der Waals surface area contributed by atoms with Crippen LogP contribution in [0.15, 0.2) is 48.6 Å². The predicted octanol–water partition coefficient (Wildman–Crippen LogP) is 12.3. The van der Waals surface area contributed by atoms with Gasteiger partial charge in [0.15, 0.2) is 0 Å². The molecule has 0 aromatic heterocycles. The number of carbonyl (C=O) groups is 1. The standard InChI is InChI=1S/C41H74O4/c1-3-5-7-9-11-13-15-17-19-21-22-24-26-28-30-32-34-36-41(43)45-40(38-42)39-44-37-35-33-31-29-27-25-23-20-18-16-14-12-10-8-6-4-2/h11-14,17-20,40,42H,3-10,15-16,21-39H2,1-2H3/b13-11-,14-12-,19-17-,20-18-. The Bertz CT molecular complexity index is 708. The summed E-state index contributed by atoms with van der Waals surface area (Å²) in [6.07, 6.45) is 48.6. The second-order valence-corrected chi connectivity index (χ2v) is 12.6. The molecule has 0 saturated carbocycles. The maximum atomic E-state index is 12.2. The van der Waals surface area contributed by atoms with Gasteiger partial charge >= 0.3 is 5.97 Å². The van der Waals surface area contributed by atoms with Crippen molar-refractivity contribution in [1.29, 1.82) is 0 Å². The molecule has 45 heavy (non-hydrogen) atoms. The van der Waals surface area contributed by atoms with Gasteiger partial charge in [0.25, 0.3) is 0 Å². The number of hydrogen-bond acceptors (Lipinski definition) is 4. The summed E-state index contributed by atoms with van der Waals surface area (Å²) in [4.78, 5) is 12.2. The molecule has 0 heterocycles. The molecule has 1 atom stereocenters. The highest BCUT2D eigenvalue weighted by atomic mass is 16.6. The molecule has 0 amide bonds. The second-order valence-electron chi connectivity index (χ2n) is 12.6. The summed E-state index contributed by atoms with van der Waals surface area (Å²) in [6, 6.07) is 0. The molecule has 0 fully saturated rings. The van der Waals surface area contributed by atoms with Gasteiger partial charge in [0.2, 0.25) is 0 Å². The number of aliphatic hydroxyl groups is 1. The van der Waals surface area contributed by atoms with Crippen molar-refractivity contribution >= 4 is 5.97 Å². The smallest absolute Gasteiger partial charge is 0.306 e. The lowest BCUT2D eigenvalue weighted by Gasteiger charge is -2.15. The Morgan fingerprint density at radius 2 is 0.933 bits per heavy atom. The van der Waals surface area contributed by atoms with Gasteiger partial charge in [-0.05, 0) is 77.0 Å². The van der Waals surface area contributed by atoms with Crippen molar-refractivity contribution < 1.29 is 19.4 Å². The molecule has 0 rings (SSSR count). The van der Waals surface area contributed by atoms with Crippen molar-refractivity contribution in [2.75, 3.05) is 19.8 Å². The van der Waals surface area contributed by atoms with Gasteiger partial charge in [0.1, 0.15) is 6.10 Å². The van der Waals surface area contributed by atoms with Crippen LogP contribution in [0, 0.1) is 0 Å². The lowest BCUT2D eigenvalue weighted by Crippen LogP contribution is -2.27. The molecule has 4 heteroatoms. The highest BCUT2D eigenvalue weighted by Crippen LogP contribution is 2.12. The summed E-state index contributed by atoms with van der Waals surface area (Å²) in [5, 5.41) is 9.57. The molecule has 0 aliphatic rings. The number of rotatable bonds is 35. The lowest BCUT2D eigenvalue weighted by molar-refractivity contribution is -0.154. The van der Waals surface area contributed by atoms with Crippen molar-refractivity contribution in [3.63, 3.8) is 0 Å². The molecule has 4 nitrogen and oxygen atoms in total. The molecule has 0 aromatic rings. The van der Waals surface area contributed by atoms with Gasteiger partial charge in [-0.3, -0.25) is 4.79 Å². The summed E-state index contributed by atoms with van der Waals surface area (Å²) in [6.45, 7) is 5.26. The minimum atomic E-state index is -0.544. The van der Waals surface area contributed by atoms with Crippen LogP contribution in [0.25, 0.3) is 0 Å². The second kappa shape index (κ2) is 38.5. The van der Waals surface area contributed by atoms with Gasteiger partial charge in [-0.25, -0.2) is 0 Å². The van der Waals surface area contributed by atoms with Crippen LogP contribution in [0.3, 0.4) is 0 Å². The molecule has 0 bridgehead atoms. The normalized spacial score (nSPS) is 12.9. The van der Waals surface area contributed by atoms with E-state index in [1.54, 1.807) is 0 Å². The van der Waals surface area contributed by atoms with E-state index in [1.165, 1.54) is 122 Å². The van der Waals surface area contributed by atoms with Crippen molar-refractivity contribution in [1.82, 2.24) is 0 Å². The van der Waals surface area contributed by atoms with E-state index in [-0.39, 0.29) is 19.2 Å². The van der Waals surface area contributed by atoms with Crippen LogP contribution in [0.2, 0.25) is 0 Å². The van der Waals surface area contributed by atoms with Crippen molar-refractivity contribution in [2.45, 2.75) is 187 Å². The van der Waals surface area contributed by atoms with Crippen LogP contribution in [-0.2, 0) is 14.3 Å². The van der Waals surface area contributed by atoms with Crippen LogP contribution in [-0.4, -0.2) is 37.0 Å². The molecule has 0 aliphatic heterocycles. The van der Waals surface area contributed by atoms with Gasteiger partial charge < -0.3 is 14.6 Å². The average molecular weight is 631 g/mol. The van der Waals surface area contributed by atoms with E-state index in [1.807, 2.05) is 0 Å². The van der Waals surface area contributed by atoms with E-state index in [0.717, 1.165) is 38.5 Å². The first-order valence-electron chi connectivity index (χ1n) is 19.2. The number of allylic oxidation sites excluding steroid dienone is 8. The molecule has 262 valence electrons. The molecular formula is C41H74O4. The summed E-state index contributed by atoms with van der Waals surface area (Å²) >= 11 is 0. The van der Waals surface area contributed by atoms with Crippen LogP contribution in [0.1, 0.15) is 181 Å². The number of carbonyl (C=O) groups excluding carboxylic acids is 1. The Hall–Kier alpha value is -1.65. The maximum absolute atomic E-state index is 12.2. The molecule has 0 spiro atoms. The number of aliphatic hydroxyl groups excluding tert-OH is 1. The van der Waals surface area contributed by atoms with Gasteiger partial charge in [0.05, 0.1) is 13.2 Å². The van der Waals surface area contributed by atoms with E-state index in [2.05, 4.69) is 62.5 Å². The number of ether oxygens (including phenoxy) is 2. The van der Waals surface area contributed by atoms with Crippen LogP contribution < -0.4 is 0 Å². The minimum absolute atomic E-state index is 0.180. The van der Waals surface area contributed by atoms with Crippen molar-refractivity contribution in [3.8, 4) is 0 Å². The molecule has 0 saturated heterocycles. The van der Waals surface area contributed by atoms with Crippen LogP contribution >= 0.6 is 0 Å². The minimum Gasteiger partial charge on any atom is -0.457 e. The molecule has 0 aromatic carbocycles. The lowest BCUT2D eigenvalue weighted by atomic mass is 10.1. The van der Waals surface area contributed by atoms with Crippen molar-refractivity contribution in [2.24, 2.45) is 0 Å². The van der Waals surface area contributed by atoms with Crippen LogP contribution in [0.4, 0.5) is 0 Å². The number of unbranched alkanes of at least 4 members (excludes halogenated alkanes) is 19. The molecule has 1 N–H and O–H groups in total. The zero-order valence-corrected chi connectivity index (χ0v) is 29.9. The van der Waals surface area contributed by atoms with Crippen molar-refractivity contribution in [3.05, 3.63) is 48.6 Å². The first kappa shape index (κ1) is 43.4. The van der Waals surface area contributed by atoms with Gasteiger partial charge in [-0.15, -0.1) is 0 Å². The monoisotopic (exact) mass is 631 g/mol. The number of hydrogen-bond donors (Lipinski definition) is 1. The number of esters is 1. The fourth-order valence-electron chi connectivity index (χ4n) is 5.21. The van der Waals surface area contributed by atoms with Gasteiger partial charge in [0, 0.05) is 13.0 Å². The highest BCUT2D eigenvalue weighted by molar-refractivity contribution is 5.69. The molecule has 0 aliphatic carbocycles. The first-order valence-corrected chi connectivity index (χ1v) is 19.2. The van der Waals surface area contributed by atoms with Crippen LogP contribution in [0.5, 0.6) is 0 Å². The highest BCUT2D eigenvalue weighted by Gasteiger charge is 2.13. The Morgan fingerprint density at radius 3 is 1.38 bits per heavy atom. The van der Waals surface area contributed by atoms with E-state index in [9.17, 15) is 9.90 Å². The van der Waals surface area contributed by atoms with E-state index in [0.29, 0.717) is 13.0 Å². The molecule has 0 radical (unpaired) electrons. The summed E-state index contributed by atoms with van der Waals surface area (Å²) < 4.78 is 11.1. The fraction of sp³-hybridized carbons (Fsp3) is 0.780. The summed E-state index contributed by atoms with van der Waals surface area (Å²) in [7, 11) is 0.